The molecular weight excluding hydrogens is 315 g/mol. The first-order chi connectivity index (χ1) is 9.42. The number of carbonyl (C=O) groups excluding carboxylic acids is 2. The summed E-state index contributed by atoms with van der Waals surface area (Å²) in [5.74, 6) is -2.32. The predicted octanol–water partition coefficient (Wildman–Crippen LogP) is 0.263. The Balaban J connectivity index is 3.79. The highest BCUT2D eigenvalue weighted by Crippen LogP contribution is 2.32. The van der Waals surface area contributed by atoms with Gasteiger partial charge in [-0.2, -0.15) is 17.4 Å². The van der Waals surface area contributed by atoms with E-state index in [1.807, 2.05) is 0 Å². The molecule has 11 heteroatoms. The van der Waals surface area contributed by atoms with E-state index in [1.54, 1.807) is 0 Å². The molecule has 1 unspecified atom stereocenters. The molecule has 0 bridgehead atoms. The summed E-state index contributed by atoms with van der Waals surface area (Å²) in [5.41, 5.74) is 3.54. The number of alkyl halides is 3. The number of hydrogen-bond acceptors (Lipinski definition) is 3. The van der Waals surface area contributed by atoms with Gasteiger partial charge in [0.15, 0.2) is 7.05 Å². The Morgan fingerprint density at radius 2 is 1.67 bits per heavy atom. The van der Waals surface area contributed by atoms with Crippen molar-refractivity contribution in [3.8, 4) is 0 Å². The molecule has 2 amide bonds. The average molecular weight is 326 g/mol. The number of hydrogen-bond donors (Lipinski definition) is 3. The minimum absolute atomic E-state index is 0.421. The third kappa shape index (κ3) is 2.83. The second-order valence-electron chi connectivity index (χ2n) is 3.87. The highest BCUT2D eigenvalue weighted by Gasteiger charge is 2.52. The van der Waals surface area contributed by atoms with Crippen LogP contribution < -0.4 is 11.5 Å². The lowest BCUT2D eigenvalue weighted by molar-refractivity contribution is -0.738. The lowest BCUT2D eigenvalue weighted by atomic mass is 10.1. The fourth-order valence-corrected chi connectivity index (χ4v) is 2.95. The fraction of sp³-hybridized carbons (Fsp3) is 0.200. The fourth-order valence-electron chi connectivity index (χ4n) is 1.55. The Bertz CT molecular complexity index is 732. The van der Waals surface area contributed by atoms with E-state index in [2.05, 4.69) is 0 Å². The zero-order valence-corrected chi connectivity index (χ0v) is 11.4. The van der Waals surface area contributed by atoms with Gasteiger partial charge in [-0.3, -0.25) is 9.59 Å². The van der Waals surface area contributed by atoms with Crippen LogP contribution in [0, 0.1) is 0 Å². The van der Waals surface area contributed by atoms with Crippen LogP contribution in [0.2, 0.25) is 0 Å². The van der Waals surface area contributed by atoms with Crippen molar-refractivity contribution in [1.82, 2.24) is 0 Å². The van der Waals surface area contributed by atoms with Crippen molar-refractivity contribution in [2.24, 2.45) is 11.5 Å². The van der Waals surface area contributed by atoms with Crippen molar-refractivity contribution in [2.45, 2.75) is 10.4 Å². The highest BCUT2D eigenvalue weighted by molar-refractivity contribution is 7.92. The molecule has 0 fully saturated rings. The van der Waals surface area contributed by atoms with Crippen molar-refractivity contribution < 1.29 is 36.3 Å². The number of hydroxylamine groups is 1. The minimum atomic E-state index is -5.32. The molecule has 0 spiro atoms. The van der Waals surface area contributed by atoms with Gasteiger partial charge in [-0.25, -0.2) is 0 Å². The van der Waals surface area contributed by atoms with E-state index in [4.69, 9.17) is 16.7 Å². The van der Waals surface area contributed by atoms with E-state index < -0.39 is 47.2 Å². The van der Waals surface area contributed by atoms with Crippen LogP contribution in [0.25, 0.3) is 0 Å². The molecule has 0 aliphatic carbocycles. The van der Waals surface area contributed by atoms with Gasteiger partial charge in [0.1, 0.15) is 4.90 Å². The maximum atomic E-state index is 12.9. The Labute approximate surface area is 117 Å². The van der Waals surface area contributed by atoms with E-state index in [9.17, 15) is 27.0 Å². The molecule has 7 nitrogen and oxygen atoms in total. The summed E-state index contributed by atoms with van der Waals surface area (Å²) in [6.45, 7) is 0. The van der Waals surface area contributed by atoms with Crippen LogP contribution in [-0.2, 0) is 9.73 Å². The highest BCUT2D eigenvalue weighted by atomic mass is 32.2. The second-order valence-corrected chi connectivity index (χ2v) is 6.39. The summed E-state index contributed by atoms with van der Waals surface area (Å²) in [4.78, 5) is 21.3. The van der Waals surface area contributed by atoms with E-state index in [1.165, 1.54) is 0 Å². The zero-order chi connectivity index (χ0) is 16.6. The molecule has 0 heterocycles. The third-order valence-electron chi connectivity index (χ3n) is 2.53. The maximum Gasteiger partial charge on any atom is 0.523 e. The number of nitrogens with two attached hydrogens (primary N) is 2. The van der Waals surface area contributed by atoms with Crippen LogP contribution in [-0.4, -0.2) is 37.9 Å². The largest absolute Gasteiger partial charge is 0.523 e. The predicted molar refractivity (Wildman–Crippen MR) is 63.9 cm³/mol. The number of benzene rings is 1. The summed E-state index contributed by atoms with van der Waals surface area (Å²) in [6, 6.07) is 1.98. The van der Waals surface area contributed by atoms with Crippen molar-refractivity contribution in [3.63, 3.8) is 0 Å². The summed E-state index contributed by atoms with van der Waals surface area (Å²) in [6.07, 6.45) is 0. The minimum Gasteiger partial charge on any atom is -0.366 e. The van der Waals surface area contributed by atoms with Crippen LogP contribution in [0.15, 0.2) is 23.1 Å². The Kier molecular flexibility index (Phi) is 4.29. The van der Waals surface area contributed by atoms with Gasteiger partial charge < -0.3 is 11.5 Å². The molecule has 0 saturated heterocycles. The number of nitrogens with zero attached hydrogens (tertiary/aromatic N) is 1. The SMILES string of the molecule is C[N+](O)=S(=O)(c1ccc(C(N)=O)c(C(N)=O)c1)C(F)(F)F. The monoisotopic (exact) mass is 326 g/mol. The van der Waals surface area contributed by atoms with E-state index in [-0.39, 0.29) is 0 Å². The third-order valence-corrected chi connectivity index (χ3v) is 4.79. The van der Waals surface area contributed by atoms with Crippen LogP contribution in [0.3, 0.4) is 0 Å². The number of amides is 2. The summed E-state index contributed by atoms with van der Waals surface area (Å²) in [7, 11) is -4.53. The first kappa shape index (κ1) is 16.9. The van der Waals surface area contributed by atoms with Crippen molar-refractivity contribution in [2.75, 3.05) is 7.05 Å². The molecule has 1 aromatic carbocycles. The first-order valence-corrected chi connectivity index (χ1v) is 6.71. The zero-order valence-electron chi connectivity index (χ0n) is 10.5. The molecule has 21 heavy (non-hydrogen) atoms. The summed E-state index contributed by atoms with van der Waals surface area (Å²) < 4.78 is 50.4. The van der Waals surface area contributed by atoms with Gasteiger partial charge in [0.25, 0.3) is 0 Å². The van der Waals surface area contributed by atoms with Gasteiger partial charge >= 0.3 is 15.2 Å². The van der Waals surface area contributed by atoms with Crippen molar-refractivity contribution >= 4 is 21.5 Å². The Hall–Kier alpha value is -2.14. The van der Waals surface area contributed by atoms with Crippen LogP contribution >= 0.6 is 0 Å². The topological polar surface area (TPSA) is 126 Å². The molecule has 0 saturated carbocycles. The number of halogens is 3. The van der Waals surface area contributed by atoms with E-state index in [0.717, 1.165) is 6.07 Å². The molecule has 5 N–H and O–H groups in total. The van der Waals surface area contributed by atoms with Gasteiger partial charge in [-0.1, -0.05) is 0 Å². The second kappa shape index (κ2) is 5.33. The van der Waals surface area contributed by atoms with E-state index in [0.29, 0.717) is 19.2 Å². The van der Waals surface area contributed by atoms with Gasteiger partial charge in [0.05, 0.1) is 11.1 Å². The Morgan fingerprint density at radius 3 is 2.00 bits per heavy atom. The molecule has 1 aromatic rings. The quantitative estimate of drug-likeness (QED) is 0.544. The van der Waals surface area contributed by atoms with Gasteiger partial charge in [-0.05, 0) is 22.3 Å². The number of rotatable bonds is 3. The molecule has 116 valence electrons. The number of carbonyl (C=O) groups is 2. The molecule has 0 aliphatic rings. The molecule has 0 aliphatic heterocycles. The lowest BCUT2D eigenvalue weighted by Crippen LogP contribution is -2.31. The molecule has 0 radical (unpaired) electrons. The number of primary amides is 2. The van der Waals surface area contributed by atoms with Crippen LogP contribution in [0.1, 0.15) is 20.7 Å². The molecule has 1 rings (SSSR count). The normalized spacial score (nSPS) is 14.3. The summed E-state index contributed by atoms with van der Waals surface area (Å²) >= 11 is 0. The lowest BCUT2D eigenvalue weighted by Gasteiger charge is -2.11. The van der Waals surface area contributed by atoms with Crippen molar-refractivity contribution in [3.05, 3.63) is 29.3 Å². The summed E-state index contributed by atoms with van der Waals surface area (Å²) in [5, 5.41) is 9.10. The Morgan fingerprint density at radius 1 is 1.19 bits per heavy atom. The van der Waals surface area contributed by atoms with Crippen molar-refractivity contribution in [1.29, 1.82) is 0 Å². The standard InChI is InChI=1S/C10H10F3N3O4S/c1-16(19)21(20,10(11,12)13)5-2-3-6(8(14)17)7(4-5)9(15)18/h2-4H,1H3,(H4-,14,15,17,18,19)/p+1. The molecule has 1 atom stereocenters. The van der Waals surface area contributed by atoms with Crippen LogP contribution in [0.5, 0.6) is 0 Å². The molecular formula is C10H11F3N3O4S+. The maximum absolute atomic E-state index is 12.9. The molecule has 0 aromatic heterocycles. The van der Waals surface area contributed by atoms with Gasteiger partial charge in [-0.15, -0.1) is 5.21 Å². The van der Waals surface area contributed by atoms with Gasteiger partial charge in [0, 0.05) is 0 Å². The average Bonchev–Trinajstić information content (AvgIpc) is 2.35. The van der Waals surface area contributed by atoms with Gasteiger partial charge in [0.2, 0.25) is 11.8 Å². The first-order valence-electron chi connectivity index (χ1n) is 5.20. The smallest absolute Gasteiger partial charge is 0.366 e. The van der Waals surface area contributed by atoms with E-state index >= 15 is 0 Å². The van der Waals surface area contributed by atoms with Crippen LogP contribution in [0.4, 0.5) is 13.2 Å².